The third kappa shape index (κ3) is 3.17. The minimum Gasteiger partial charge on any atom is -0.395 e. The maximum Gasteiger partial charge on any atom is 0.0587 e. The van der Waals surface area contributed by atoms with Gasteiger partial charge in [-0.05, 0) is 44.7 Å². The van der Waals surface area contributed by atoms with Crippen molar-refractivity contribution in [2.75, 3.05) is 32.8 Å². The zero-order valence-corrected chi connectivity index (χ0v) is 9.94. The average Bonchev–Trinajstić information content (AvgIpc) is 2.33. The Labute approximate surface area is 97.6 Å². The Bertz CT molecular complexity index is 207. The standard InChI is InChI=1S/C12H24N2O2/c15-9-11-7-12(16)3-6-14(11)8-10-1-4-13-5-2-10/h10-13,15-16H,1-9H2. The lowest BCUT2D eigenvalue weighted by Gasteiger charge is -2.39. The smallest absolute Gasteiger partial charge is 0.0587 e. The number of nitrogens with zero attached hydrogens (tertiary/aromatic N) is 1. The fourth-order valence-corrected chi connectivity index (χ4v) is 2.90. The molecule has 0 radical (unpaired) electrons. The van der Waals surface area contributed by atoms with E-state index in [0.29, 0.717) is 0 Å². The molecule has 0 aromatic rings. The minimum absolute atomic E-state index is 0.179. The summed E-state index contributed by atoms with van der Waals surface area (Å²) in [6.07, 6.45) is 3.89. The number of rotatable bonds is 3. The Morgan fingerprint density at radius 3 is 2.62 bits per heavy atom. The van der Waals surface area contributed by atoms with Gasteiger partial charge in [-0.2, -0.15) is 0 Å². The number of aliphatic hydroxyl groups excluding tert-OH is 2. The largest absolute Gasteiger partial charge is 0.395 e. The SMILES string of the molecule is OCC1CC(O)CCN1CC1CCNCC1. The third-order valence-electron chi connectivity index (χ3n) is 3.97. The Kier molecular flexibility index (Phi) is 4.58. The second-order valence-corrected chi connectivity index (χ2v) is 5.20. The molecule has 2 atom stereocenters. The van der Waals surface area contributed by atoms with Crippen molar-refractivity contribution in [3.63, 3.8) is 0 Å². The van der Waals surface area contributed by atoms with Crippen LogP contribution in [-0.4, -0.2) is 60.0 Å². The van der Waals surface area contributed by atoms with Gasteiger partial charge in [0, 0.05) is 19.1 Å². The van der Waals surface area contributed by atoms with Crippen LogP contribution in [0.4, 0.5) is 0 Å². The molecule has 3 N–H and O–H groups in total. The molecular formula is C12H24N2O2. The highest BCUT2D eigenvalue weighted by Gasteiger charge is 2.28. The number of hydrogen-bond donors (Lipinski definition) is 3. The van der Waals surface area contributed by atoms with E-state index in [9.17, 15) is 10.2 Å². The summed E-state index contributed by atoms with van der Waals surface area (Å²) in [6, 6.07) is 0.179. The van der Waals surface area contributed by atoms with Crippen molar-refractivity contribution in [1.82, 2.24) is 10.2 Å². The number of aliphatic hydroxyl groups is 2. The van der Waals surface area contributed by atoms with E-state index in [0.717, 1.165) is 44.9 Å². The maximum atomic E-state index is 9.59. The molecule has 0 bridgehead atoms. The molecule has 0 saturated carbocycles. The van der Waals surface area contributed by atoms with Crippen LogP contribution >= 0.6 is 0 Å². The molecule has 2 fully saturated rings. The molecule has 94 valence electrons. The lowest BCUT2D eigenvalue weighted by atomic mass is 9.93. The lowest BCUT2D eigenvalue weighted by molar-refractivity contribution is 0.00735. The summed E-state index contributed by atoms with van der Waals surface area (Å²) in [4.78, 5) is 2.38. The first kappa shape index (κ1) is 12.3. The molecule has 2 rings (SSSR count). The molecule has 2 saturated heterocycles. The Morgan fingerprint density at radius 2 is 1.94 bits per heavy atom. The van der Waals surface area contributed by atoms with Gasteiger partial charge in [0.15, 0.2) is 0 Å². The Hall–Kier alpha value is -0.160. The van der Waals surface area contributed by atoms with E-state index >= 15 is 0 Å². The predicted octanol–water partition coefficient (Wildman–Crippen LogP) is -0.196. The summed E-state index contributed by atoms with van der Waals surface area (Å²) in [5, 5.41) is 22.3. The number of hydrogen-bond acceptors (Lipinski definition) is 4. The van der Waals surface area contributed by atoms with Crippen LogP contribution in [0, 0.1) is 5.92 Å². The average molecular weight is 228 g/mol. The first-order chi connectivity index (χ1) is 7.79. The van der Waals surface area contributed by atoms with Crippen LogP contribution in [0.2, 0.25) is 0 Å². The molecule has 2 unspecified atom stereocenters. The summed E-state index contributed by atoms with van der Waals surface area (Å²) in [5.41, 5.74) is 0. The Balaban J connectivity index is 1.82. The van der Waals surface area contributed by atoms with Crippen molar-refractivity contribution in [3.05, 3.63) is 0 Å². The lowest BCUT2D eigenvalue weighted by Crippen LogP contribution is -2.49. The van der Waals surface area contributed by atoms with Crippen LogP contribution < -0.4 is 5.32 Å². The van der Waals surface area contributed by atoms with Crippen molar-refractivity contribution in [1.29, 1.82) is 0 Å². The van der Waals surface area contributed by atoms with Gasteiger partial charge in [-0.15, -0.1) is 0 Å². The van der Waals surface area contributed by atoms with E-state index in [-0.39, 0.29) is 18.8 Å². The van der Waals surface area contributed by atoms with E-state index < -0.39 is 0 Å². The fraction of sp³-hybridized carbons (Fsp3) is 1.00. The van der Waals surface area contributed by atoms with Crippen LogP contribution in [0.3, 0.4) is 0 Å². The van der Waals surface area contributed by atoms with Gasteiger partial charge >= 0.3 is 0 Å². The van der Waals surface area contributed by atoms with Crippen molar-refractivity contribution >= 4 is 0 Å². The van der Waals surface area contributed by atoms with E-state index in [2.05, 4.69) is 10.2 Å². The molecule has 0 aromatic carbocycles. The summed E-state index contributed by atoms with van der Waals surface area (Å²) in [7, 11) is 0. The van der Waals surface area contributed by atoms with Gasteiger partial charge in [-0.1, -0.05) is 0 Å². The minimum atomic E-state index is -0.207. The molecule has 4 nitrogen and oxygen atoms in total. The summed E-state index contributed by atoms with van der Waals surface area (Å²) in [5.74, 6) is 0.769. The summed E-state index contributed by atoms with van der Waals surface area (Å²) >= 11 is 0. The summed E-state index contributed by atoms with van der Waals surface area (Å²) < 4.78 is 0. The van der Waals surface area contributed by atoms with Crippen molar-refractivity contribution in [3.8, 4) is 0 Å². The van der Waals surface area contributed by atoms with Gasteiger partial charge in [0.2, 0.25) is 0 Å². The van der Waals surface area contributed by atoms with Gasteiger partial charge in [-0.25, -0.2) is 0 Å². The topological polar surface area (TPSA) is 55.7 Å². The second-order valence-electron chi connectivity index (χ2n) is 5.20. The zero-order chi connectivity index (χ0) is 11.4. The molecule has 0 aromatic heterocycles. The third-order valence-corrected chi connectivity index (χ3v) is 3.97. The molecule has 16 heavy (non-hydrogen) atoms. The van der Waals surface area contributed by atoms with Crippen molar-refractivity contribution in [2.24, 2.45) is 5.92 Å². The molecule has 2 aliphatic rings. The zero-order valence-electron chi connectivity index (χ0n) is 9.94. The van der Waals surface area contributed by atoms with E-state index in [1.165, 1.54) is 12.8 Å². The number of nitrogens with one attached hydrogen (secondary N) is 1. The highest BCUT2D eigenvalue weighted by atomic mass is 16.3. The fourth-order valence-electron chi connectivity index (χ4n) is 2.90. The van der Waals surface area contributed by atoms with Crippen molar-refractivity contribution < 1.29 is 10.2 Å². The molecule has 0 aliphatic carbocycles. The first-order valence-electron chi connectivity index (χ1n) is 6.53. The second kappa shape index (κ2) is 5.96. The van der Waals surface area contributed by atoms with Crippen LogP contribution in [-0.2, 0) is 0 Å². The number of piperidine rings is 2. The van der Waals surface area contributed by atoms with Gasteiger partial charge in [-0.3, -0.25) is 4.90 Å². The molecular weight excluding hydrogens is 204 g/mol. The van der Waals surface area contributed by atoms with Crippen LogP contribution in [0.1, 0.15) is 25.7 Å². The highest BCUT2D eigenvalue weighted by molar-refractivity contribution is 4.83. The molecule has 2 heterocycles. The quantitative estimate of drug-likeness (QED) is 0.626. The van der Waals surface area contributed by atoms with E-state index in [1.807, 2.05) is 0 Å². The van der Waals surface area contributed by atoms with Gasteiger partial charge < -0.3 is 15.5 Å². The van der Waals surface area contributed by atoms with Crippen LogP contribution in [0.25, 0.3) is 0 Å². The van der Waals surface area contributed by atoms with Crippen LogP contribution in [0.15, 0.2) is 0 Å². The number of likely N-dealkylation sites (tertiary alicyclic amines) is 1. The first-order valence-corrected chi connectivity index (χ1v) is 6.53. The highest BCUT2D eigenvalue weighted by Crippen LogP contribution is 2.21. The van der Waals surface area contributed by atoms with E-state index in [4.69, 9.17) is 0 Å². The van der Waals surface area contributed by atoms with Gasteiger partial charge in [0.1, 0.15) is 0 Å². The van der Waals surface area contributed by atoms with Crippen LogP contribution in [0.5, 0.6) is 0 Å². The molecule has 4 heteroatoms. The monoisotopic (exact) mass is 228 g/mol. The van der Waals surface area contributed by atoms with E-state index in [1.54, 1.807) is 0 Å². The van der Waals surface area contributed by atoms with Gasteiger partial charge in [0.25, 0.3) is 0 Å². The normalized spacial score (nSPS) is 34.1. The summed E-state index contributed by atoms with van der Waals surface area (Å²) in [6.45, 7) is 4.48. The molecule has 0 amide bonds. The van der Waals surface area contributed by atoms with Crippen molar-refractivity contribution in [2.45, 2.75) is 37.8 Å². The predicted molar refractivity (Wildman–Crippen MR) is 63.3 cm³/mol. The Morgan fingerprint density at radius 1 is 1.19 bits per heavy atom. The molecule has 2 aliphatic heterocycles. The maximum absolute atomic E-state index is 9.59. The molecule has 0 spiro atoms. The van der Waals surface area contributed by atoms with Gasteiger partial charge in [0.05, 0.1) is 12.7 Å².